The van der Waals surface area contributed by atoms with Gasteiger partial charge in [-0.15, -0.1) is 0 Å². The molecule has 13 heteroatoms. The second kappa shape index (κ2) is 9.65. The number of halogens is 2. The molecule has 0 unspecified atom stereocenters. The molecule has 0 atom stereocenters. The SMILES string of the molecule is CCOc1cc(/C=C2\SC(=O)N(CC(=O)Nc3ccc(F)cc3F)C2=O)cc([N+](=O)[O-])c1O. The minimum Gasteiger partial charge on any atom is -0.500 e. The second-order valence-corrected chi connectivity index (χ2v) is 7.51. The summed E-state index contributed by atoms with van der Waals surface area (Å²) >= 11 is 0.489. The van der Waals surface area contributed by atoms with E-state index in [0.29, 0.717) is 22.7 Å². The molecule has 1 aliphatic heterocycles. The Hall–Kier alpha value is -4.00. The van der Waals surface area contributed by atoms with Crippen molar-refractivity contribution >= 4 is 46.3 Å². The maximum absolute atomic E-state index is 13.7. The van der Waals surface area contributed by atoms with Crippen LogP contribution < -0.4 is 10.1 Å². The molecule has 2 N–H and O–H groups in total. The first-order valence-corrected chi connectivity index (χ1v) is 10.1. The van der Waals surface area contributed by atoms with Gasteiger partial charge in [0, 0.05) is 12.1 Å². The maximum atomic E-state index is 13.7. The van der Waals surface area contributed by atoms with Crippen LogP contribution in [0.4, 0.5) is 25.0 Å². The molecule has 10 nitrogen and oxygen atoms in total. The zero-order valence-electron chi connectivity index (χ0n) is 16.8. The molecule has 0 aliphatic carbocycles. The molecule has 3 rings (SSSR count). The first-order chi connectivity index (χ1) is 15.6. The van der Waals surface area contributed by atoms with Gasteiger partial charge in [-0.3, -0.25) is 29.4 Å². The summed E-state index contributed by atoms with van der Waals surface area (Å²) in [5.41, 5.74) is -0.887. The van der Waals surface area contributed by atoms with Gasteiger partial charge in [0.05, 0.1) is 22.1 Å². The highest BCUT2D eigenvalue weighted by Crippen LogP contribution is 2.39. The molecule has 0 radical (unpaired) electrons. The van der Waals surface area contributed by atoms with E-state index < -0.39 is 51.6 Å². The largest absolute Gasteiger partial charge is 0.500 e. The fraction of sp³-hybridized carbons (Fsp3) is 0.150. The van der Waals surface area contributed by atoms with Crippen LogP contribution >= 0.6 is 11.8 Å². The molecule has 0 saturated carbocycles. The average molecular weight is 479 g/mol. The maximum Gasteiger partial charge on any atom is 0.315 e. The van der Waals surface area contributed by atoms with E-state index in [1.54, 1.807) is 6.92 Å². The van der Waals surface area contributed by atoms with E-state index in [-0.39, 0.29) is 28.5 Å². The number of carbonyl (C=O) groups is 3. The number of thioether (sulfide) groups is 1. The van der Waals surface area contributed by atoms with Crippen LogP contribution in [-0.2, 0) is 9.59 Å². The van der Waals surface area contributed by atoms with Gasteiger partial charge in [-0.2, -0.15) is 0 Å². The molecule has 172 valence electrons. The number of hydrogen-bond acceptors (Lipinski definition) is 8. The smallest absolute Gasteiger partial charge is 0.315 e. The van der Waals surface area contributed by atoms with Crippen LogP contribution in [0.25, 0.3) is 6.08 Å². The number of ether oxygens (including phenoxy) is 1. The fourth-order valence-electron chi connectivity index (χ4n) is 2.81. The van der Waals surface area contributed by atoms with E-state index in [1.807, 2.05) is 0 Å². The highest BCUT2D eigenvalue weighted by Gasteiger charge is 2.36. The molecule has 33 heavy (non-hydrogen) atoms. The lowest BCUT2D eigenvalue weighted by Gasteiger charge is -2.12. The molecule has 1 aliphatic rings. The van der Waals surface area contributed by atoms with Crippen LogP contribution in [0.3, 0.4) is 0 Å². The summed E-state index contributed by atoms with van der Waals surface area (Å²) in [4.78, 5) is 47.8. The van der Waals surface area contributed by atoms with Gasteiger partial charge in [-0.1, -0.05) is 0 Å². The van der Waals surface area contributed by atoms with Gasteiger partial charge in [0.1, 0.15) is 18.2 Å². The van der Waals surface area contributed by atoms with Gasteiger partial charge in [-0.05, 0) is 48.5 Å². The van der Waals surface area contributed by atoms with E-state index >= 15 is 0 Å². The Labute approximate surface area is 189 Å². The Morgan fingerprint density at radius 2 is 2.03 bits per heavy atom. The van der Waals surface area contributed by atoms with E-state index in [2.05, 4.69) is 5.32 Å². The number of nitrogens with one attached hydrogen (secondary N) is 1. The molecule has 3 amide bonds. The summed E-state index contributed by atoms with van der Waals surface area (Å²) in [6.45, 7) is 0.972. The third kappa shape index (κ3) is 5.26. The van der Waals surface area contributed by atoms with Crippen molar-refractivity contribution in [2.24, 2.45) is 0 Å². The number of anilines is 1. The summed E-state index contributed by atoms with van der Waals surface area (Å²) in [6.07, 6.45) is 1.18. The Morgan fingerprint density at radius 3 is 2.67 bits per heavy atom. The normalized spacial score (nSPS) is 14.6. The molecule has 1 heterocycles. The number of phenolic OH excluding ortho intramolecular Hbond substituents is 1. The lowest BCUT2D eigenvalue weighted by atomic mass is 10.1. The van der Waals surface area contributed by atoms with Crippen molar-refractivity contribution in [2.45, 2.75) is 6.92 Å². The predicted octanol–water partition coefficient (Wildman–Crippen LogP) is 3.65. The lowest BCUT2D eigenvalue weighted by molar-refractivity contribution is -0.386. The Balaban J connectivity index is 1.81. The number of nitro benzene ring substituents is 1. The fourth-order valence-corrected chi connectivity index (χ4v) is 3.65. The van der Waals surface area contributed by atoms with Crippen LogP contribution in [0.15, 0.2) is 35.2 Å². The van der Waals surface area contributed by atoms with Crippen LogP contribution in [0.5, 0.6) is 11.5 Å². The Morgan fingerprint density at radius 1 is 1.30 bits per heavy atom. The molecule has 0 spiro atoms. The number of phenols is 1. The van der Waals surface area contributed by atoms with Gasteiger partial charge >= 0.3 is 5.69 Å². The number of nitrogens with zero attached hydrogens (tertiary/aromatic N) is 2. The summed E-state index contributed by atoms with van der Waals surface area (Å²) in [7, 11) is 0. The topological polar surface area (TPSA) is 139 Å². The van der Waals surface area contributed by atoms with Crippen LogP contribution in [0.2, 0.25) is 0 Å². The van der Waals surface area contributed by atoms with Crippen molar-refractivity contribution in [2.75, 3.05) is 18.5 Å². The summed E-state index contributed by atoms with van der Waals surface area (Å²) in [5.74, 6) is -4.49. The lowest BCUT2D eigenvalue weighted by Crippen LogP contribution is -2.36. The molecule has 2 aromatic carbocycles. The summed E-state index contributed by atoms with van der Waals surface area (Å²) in [6, 6.07) is 4.73. The molecule has 1 saturated heterocycles. The number of carbonyl (C=O) groups excluding carboxylic acids is 3. The third-order valence-electron chi connectivity index (χ3n) is 4.25. The van der Waals surface area contributed by atoms with Crippen molar-refractivity contribution in [1.29, 1.82) is 0 Å². The number of imide groups is 1. The number of amides is 3. The molecular weight excluding hydrogens is 464 g/mol. The molecular formula is C20H15F2N3O7S. The quantitative estimate of drug-likeness (QED) is 0.349. The van der Waals surface area contributed by atoms with Crippen molar-refractivity contribution in [1.82, 2.24) is 4.90 Å². The van der Waals surface area contributed by atoms with Gasteiger partial charge < -0.3 is 15.2 Å². The molecule has 0 bridgehead atoms. The minimum absolute atomic E-state index is 0.103. The number of aromatic hydroxyl groups is 1. The number of nitro groups is 1. The van der Waals surface area contributed by atoms with Crippen LogP contribution in [0, 0.1) is 21.7 Å². The van der Waals surface area contributed by atoms with E-state index in [4.69, 9.17) is 4.74 Å². The van der Waals surface area contributed by atoms with Crippen molar-refractivity contribution in [3.8, 4) is 11.5 Å². The third-order valence-corrected chi connectivity index (χ3v) is 5.16. The van der Waals surface area contributed by atoms with Gasteiger partial charge in [0.15, 0.2) is 5.75 Å². The summed E-state index contributed by atoms with van der Waals surface area (Å²) < 4.78 is 31.8. The van der Waals surface area contributed by atoms with Crippen LogP contribution in [0.1, 0.15) is 12.5 Å². The Bertz CT molecular complexity index is 1200. The monoisotopic (exact) mass is 479 g/mol. The summed E-state index contributed by atoms with van der Waals surface area (Å²) in [5, 5.41) is 22.5. The van der Waals surface area contributed by atoms with Crippen molar-refractivity contribution < 1.29 is 37.9 Å². The minimum atomic E-state index is -1.03. The molecule has 1 fully saturated rings. The molecule has 0 aromatic heterocycles. The highest BCUT2D eigenvalue weighted by molar-refractivity contribution is 8.18. The predicted molar refractivity (Wildman–Crippen MR) is 114 cm³/mol. The standard InChI is InChI=1S/C20H15F2N3O7S/c1-2-32-15-6-10(5-14(18(15)27)25(30)31)7-16-19(28)24(20(29)33-16)9-17(26)23-13-4-3-11(21)8-12(13)22/h3-8,27H,2,9H2,1H3,(H,23,26)/b16-7-. The second-order valence-electron chi connectivity index (χ2n) is 6.52. The number of benzene rings is 2. The Kier molecular flexibility index (Phi) is 6.92. The van der Waals surface area contributed by atoms with Gasteiger partial charge in [0.25, 0.3) is 11.1 Å². The number of rotatable bonds is 7. The van der Waals surface area contributed by atoms with E-state index in [1.165, 1.54) is 12.1 Å². The number of hydrogen-bond donors (Lipinski definition) is 2. The zero-order chi connectivity index (χ0) is 24.3. The first kappa shape index (κ1) is 23.7. The highest BCUT2D eigenvalue weighted by atomic mass is 32.2. The van der Waals surface area contributed by atoms with E-state index in [0.717, 1.165) is 18.2 Å². The zero-order valence-corrected chi connectivity index (χ0v) is 17.7. The van der Waals surface area contributed by atoms with Crippen molar-refractivity contribution in [3.05, 3.63) is 62.5 Å². The molecule has 2 aromatic rings. The van der Waals surface area contributed by atoms with Crippen molar-refractivity contribution in [3.63, 3.8) is 0 Å². The van der Waals surface area contributed by atoms with E-state index in [9.17, 15) is 38.4 Å². The van der Waals surface area contributed by atoms with Gasteiger partial charge in [0.2, 0.25) is 11.7 Å². The average Bonchev–Trinajstić information content (AvgIpc) is 2.99. The first-order valence-electron chi connectivity index (χ1n) is 9.25. The van der Waals surface area contributed by atoms with Crippen LogP contribution in [-0.4, -0.2) is 45.1 Å². The van der Waals surface area contributed by atoms with Gasteiger partial charge in [-0.25, -0.2) is 8.78 Å².